The van der Waals surface area contributed by atoms with Crippen LogP contribution in [0.4, 0.5) is 0 Å². The summed E-state index contributed by atoms with van der Waals surface area (Å²) in [6.07, 6.45) is 6.25. The largest absolute Gasteiger partial charge is 0.372 e. The van der Waals surface area contributed by atoms with Crippen molar-refractivity contribution in [1.82, 2.24) is 10.2 Å². The Balaban J connectivity index is 1.59. The van der Waals surface area contributed by atoms with E-state index in [4.69, 9.17) is 4.74 Å². The van der Waals surface area contributed by atoms with Gasteiger partial charge in [0, 0.05) is 25.7 Å². The molecule has 2 unspecified atom stereocenters. The van der Waals surface area contributed by atoms with Gasteiger partial charge in [-0.05, 0) is 38.6 Å². The Kier molecular flexibility index (Phi) is 4.83. The fraction of sp³-hybridized carbons (Fsp3) is 1.00. The summed E-state index contributed by atoms with van der Waals surface area (Å²) in [6.45, 7) is 7.79. The molecule has 2 atom stereocenters. The summed E-state index contributed by atoms with van der Waals surface area (Å²) in [5.74, 6) is 0.986. The molecule has 1 heterocycles. The molecule has 17 heavy (non-hydrogen) atoms. The molecule has 0 aromatic carbocycles. The van der Waals surface area contributed by atoms with Gasteiger partial charge in [-0.2, -0.15) is 0 Å². The number of hydrogen-bond donors (Lipinski definition) is 1. The SMILES string of the molecule is CC(C)NCC1CCC(CN(C)CC2CC2)O1. The van der Waals surface area contributed by atoms with E-state index in [2.05, 4.69) is 31.1 Å². The molecule has 0 aromatic heterocycles. The maximum atomic E-state index is 6.08. The minimum atomic E-state index is 0.441. The van der Waals surface area contributed by atoms with Gasteiger partial charge in [0.15, 0.2) is 0 Å². The predicted molar refractivity (Wildman–Crippen MR) is 71.3 cm³/mol. The minimum absolute atomic E-state index is 0.441. The van der Waals surface area contributed by atoms with Crippen LogP contribution in [0.25, 0.3) is 0 Å². The van der Waals surface area contributed by atoms with Crippen LogP contribution >= 0.6 is 0 Å². The summed E-state index contributed by atoms with van der Waals surface area (Å²) >= 11 is 0. The fourth-order valence-corrected chi connectivity index (χ4v) is 2.60. The lowest BCUT2D eigenvalue weighted by Gasteiger charge is -2.21. The van der Waals surface area contributed by atoms with E-state index in [9.17, 15) is 0 Å². The highest BCUT2D eigenvalue weighted by molar-refractivity contribution is 4.81. The normalized spacial score (nSPS) is 29.5. The Hall–Kier alpha value is -0.120. The van der Waals surface area contributed by atoms with Crippen molar-refractivity contribution in [3.05, 3.63) is 0 Å². The third-order valence-corrected chi connectivity index (χ3v) is 3.73. The van der Waals surface area contributed by atoms with Gasteiger partial charge in [-0.25, -0.2) is 0 Å². The van der Waals surface area contributed by atoms with E-state index < -0.39 is 0 Å². The molecule has 0 radical (unpaired) electrons. The Morgan fingerprint density at radius 3 is 2.47 bits per heavy atom. The van der Waals surface area contributed by atoms with Crippen molar-refractivity contribution in [1.29, 1.82) is 0 Å². The van der Waals surface area contributed by atoms with E-state index in [0.29, 0.717) is 18.2 Å². The molecule has 0 spiro atoms. The molecular weight excluding hydrogens is 212 g/mol. The first kappa shape index (κ1) is 13.3. The average molecular weight is 240 g/mol. The van der Waals surface area contributed by atoms with E-state index in [1.165, 1.54) is 32.2 Å². The van der Waals surface area contributed by atoms with Crippen molar-refractivity contribution >= 4 is 0 Å². The van der Waals surface area contributed by atoms with Crippen molar-refractivity contribution < 1.29 is 4.74 Å². The van der Waals surface area contributed by atoms with Gasteiger partial charge < -0.3 is 15.0 Å². The van der Waals surface area contributed by atoms with Crippen LogP contribution in [-0.2, 0) is 4.74 Å². The number of hydrogen-bond acceptors (Lipinski definition) is 3. The molecule has 0 bridgehead atoms. The van der Waals surface area contributed by atoms with Gasteiger partial charge in [-0.3, -0.25) is 0 Å². The Bertz CT molecular complexity index is 228. The van der Waals surface area contributed by atoms with Crippen LogP contribution in [0.2, 0.25) is 0 Å². The molecule has 3 nitrogen and oxygen atoms in total. The fourth-order valence-electron chi connectivity index (χ4n) is 2.60. The van der Waals surface area contributed by atoms with Crippen LogP contribution in [0.3, 0.4) is 0 Å². The van der Waals surface area contributed by atoms with Gasteiger partial charge in [0.25, 0.3) is 0 Å². The molecule has 1 aliphatic carbocycles. The average Bonchev–Trinajstić information content (AvgIpc) is 2.94. The molecule has 2 fully saturated rings. The second-order valence-electron chi connectivity index (χ2n) is 6.18. The second kappa shape index (κ2) is 6.17. The summed E-state index contributed by atoms with van der Waals surface area (Å²) in [4.78, 5) is 2.46. The number of nitrogens with zero attached hydrogens (tertiary/aromatic N) is 1. The van der Waals surface area contributed by atoms with E-state index >= 15 is 0 Å². The van der Waals surface area contributed by atoms with Crippen molar-refractivity contribution in [2.45, 2.75) is 57.8 Å². The quantitative estimate of drug-likeness (QED) is 0.735. The molecule has 0 amide bonds. The van der Waals surface area contributed by atoms with Gasteiger partial charge in [0.1, 0.15) is 0 Å². The Morgan fingerprint density at radius 1 is 1.12 bits per heavy atom. The molecule has 1 N–H and O–H groups in total. The highest BCUT2D eigenvalue weighted by Crippen LogP contribution is 2.30. The molecule has 1 saturated carbocycles. The monoisotopic (exact) mass is 240 g/mol. The first-order valence-corrected chi connectivity index (χ1v) is 7.21. The lowest BCUT2D eigenvalue weighted by molar-refractivity contribution is 0.0265. The maximum absolute atomic E-state index is 6.08. The molecule has 2 rings (SSSR count). The smallest absolute Gasteiger partial charge is 0.0707 e. The number of nitrogens with one attached hydrogen (secondary N) is 1. The van der Waals surface area contributed by atoms with E-state index in [1.807, 2.05) is 0 Å². The highest BCUT2D eigenvalue weighted by Gasteiger charge is 2.28. The standard InChI is InChI=1S/C14H28N2O/c1-11(2)15-8-13-6-7-14(17-13)10-16(3)9-12-4-5-12/h11-15H,4-10H2,1-3H3. The molecule has 1 saturated heterocycles. The van der Waals surface area contributed by atoms with Crippen LogP contribution in [0.5, 0.6) is 0 Å². The summed E-state index contributed by atoms with van der Waals surface area (Å²) in [7, 11) is 2.24. The summed E-state index contributed by atoms with van der Waals surface area (Å²) < 4.78 is 6.08. The third-order valence-electron chi connectivity index (χ3n) is 3.73. The number of likely N-dealkylation sites (N-methyl/N-ethyl adjacent to an activating group) is 1. The highest BCUT2D eigenvalue weighted by atomic mass is 16.5. The van der Waals surface area contributed by atoms with Gasteiger partial charge >= 0.3 is 0 Å². The summed E-state index contributed by atoms with van der Waals surface area (Å²) in [6, 6.07) is 0.565. The Morgan fingerprint density at radius 2 is 1.82 bits per heavy atom. The number of rotatable bonds is 7. The molecule has 3 heteroatoms. The van der Waals surface area contributed by atoms with Crippen molar-refractivity contribution in [2.75, 3.05) is 26.7 Å². The van der Waals surface area contributed by atoms with Crippen LogP contribution in [-0.4, -0.2) is 49.8 Å². The second-order valence-corrected chi connectivity index (χ2v) is 6.18. The molecule has 100 valence electrons. The van der Waals surface area contributed by atoms with E-state index in [0.717, 1.165) is 19.0 Å². The van der Waals surface area contributed by atoms with Crippen LogP contribution < -0.4 is 5.32 Å². The van der Waals surface area contributed by atoms with Crippen LogP contribution in [0.15, 0.2) is 0 Å². The lowest BCUT2D eigenvalue weighted by atomic mass is 10.2. The van der Waals surface area contributed by atoms with Gasteiger partial charge in [0.2, 0.25) is 0 Å². The van der Waals surface area contributed by atoms with Gasteiger partial charge in [-0.1, -0.05) is 13.8 Å². The van der Waals surface area contributed by atoms with Crippen molar-refractivity contribution in [3.63, 3.8) is 0 Å². The molecule has 0 aromatic rings. The third kappa shape index (κ3) is 4.94. The lowest BCUT2D eigenvalue weighted by Crippen LogP contribution is -2.34. The first-order valence-electron chi connectivity index (χ1n) is 7.21. The van der Waals surface area contributed by atoms with Crippen molar-refractivity contribution in [3.8, 4) is 0 Å². The van der Waals surface area contributed by atoms with Crippen molar-refractivity contribution in [2.24, 2.45) is 5.92 Å². The van der Waals surface area contributed by atoms with Gasteiger partial charge in [0.05, 0.1) is 12.2 Å². The summed E-state index contributed by atoms with van der Waals surface area (Å²) in [5, 5.41) is 3.46. The zero-order chi connectivity index (χ0) is 12.3. The molecule has 2 aliphatic rings. The van der Waals surface area contributed by atoms with Gasteiger partial charge in [-0.15, -0.1) is 0 Å². The van der Waals surface area contributed by atoms with E-state index in [-0.39, 0.29) is 0 Å². The van der Waals surface area contributed by atoms with Crippen LogP contribution in [0.1, 0.15) is 39.5 Å². The minimum Gasteiger partial charge on any atom is -0.372 e. The number of ether oxygens (including phenoxy) is 1. The van der Waals surface area contributed by atoms with E-state index in [1.54, 1.807) is 0 Å². The maximum Gasteiger partial charge on any atom is 0.0707 e. The zero-order valence-corrected chi connectivity index (χ0v) is 11.6. The zero-order valence-electron chi connectivity index (χ0n) is 11.6. The Labute approximate surface area is 106 Å². The van der Waals surface area contributed by atoms with Crippen LogP contribution in [0, 0.1) is 5.92 Å². The first-order chi connectivity index (χ1) is 8.13. The summed E-state index contributed by atoms with van der Waals surface area (Å²) in [5.41, 5.74) is 0. The molecular formula is C14H28N2O. The topological polar surface area (TPSA) is 24.5 Å². The molecule has 1 aliphatic heterocycles. The predicted octanol–water partition coefficient (Wildman–Crippen LogP) is 1.87.